The number of benzene rings is 1. The number of rotatable bonds is 6. The lowest BCUT2D eigenvalue weighted by Gasteiger charge is -2.21. The summed E-state index contributed by atoms with van der Waals surface area (Å²) in [6.45, 7) is 5.06. The summed E-state index contributed by atoms with van der Waals surface area (Å²) < 4.78 is 5.35. The molecule has 0 aliphatic carbocycles. The van der Waals surface area contributed by atoms with Crippen molar-refractivity contribution >= 4 is 11.6 Å². The number of hydrogen-bond acceptors (Lipinski definition) is 4. The fraction of sp³-hybridized carbons (Fsp3) is 0.375. The van der Waals surface area contributed by atoms with Crippen LogP contribution in [0.4, 0.5) is 0 Å². The number of nitrogens with zero attached hydrogens (tertiary/aromatic N) is 2. The van der Waals surface area contributed by atoms with Crippen molar-refractivity contribution < 1.29 is 4.74 Å². The Morgan fingerprint density at radius 2 is 2.05 bits per heavy atom. The quantitative estimate of drug-likeness (QED) is 0.887. The minimum absolute atomic E-state index is 0.0905. The molecule has 2 aromatic rings. The Balaban J connectivity index is 2.49. The van der Waals surface area contributed by atoms with Gasteiger partial charge in [0.15, 0.2) is 0 Å². The lowest BCUT2D eigenvalue weighted by Crippen LogP contribution is -2.25. The molecule has 0 bridgehead atoms. The van der Waals surface area contributed by atoms with Gasteiger partial charge in [0, 0.05) is 17.4 Å². The number of hydrogen-bond donors (Lipinski definition) is 1. The molecular formula is C16H20ClN3O. The molecule has 0 radical (unpaired) electrons. The van der Waals surface area contributed by atoms with Crippen LogP contribution in [0.15, 0.2) is 30.6 Å². The van der Waals surface area contributed by atoms with Gasteiger partial charge in [-0.1, -0.05) is 24.6 Å². The van der Waals surface area contributed by atoms with Crippen molar-refractivity contribution in [2.75, 3.05) is 13.7 Å². The second kappa shape index (κ2) is 7.38. The summed E-state index contributed by atoms with van der Waals surface area (Å²) in [5, 5.41) is 4.21. The first-order chi connectivity index (χ1) is 10.2. The Kier molecular flexibility index (Phi) is 5.53. The Morgan fingerprint density at radius 1 is 1.29 bits per heavy atom. The van der Waals surface area contributed by atoms with Gasteiger partial charge in [0.2, 0.25) is 5.88 Å². The molecule has 0 saturated carbocycles. The number of ether oxygens (including phenoxy) is 1. The summed E-state index contributed by atoms with van der Waals surface area (Å²) in [6, 6.07) is 5.79. The lowest BCUT2D eigenvalue weighted by molar-refractivity contribution is 0.382. The van der Waals surface area contributed by atoms with Crippen molar-refractivity contribution in [2.24, 2.45) is 0 Å². The number of halogens is 1. The Bertz CT molecular complexity index is 604. The number of nitrogens with one attached hydrogen (secondary N) is 1. The molecule has 112 valence electrons. The van der Waals surface area contributed by atoms with Gasteiger partial charge in [0.05, 0.1) is 13.2 Å². The predicted octanol–water partition coefficient (Wildman–Crippen LogP) is 3.54. The van der Waals surface area contributed by atoms with Crippen molar-refractivity contribution in [2.45, 2.75) is 26.3 Å². The monoisotopic (exact) mass is 305 g/mol. The highest BCUT2D eigenvalue weighted by molar-refractivity contribution is 6.30. The summed E-state index contributed by atoms with van der Waals surface area (Å²) >= 11 is 6.16. The molecule has 0 aliphatic rings. The third kappa shape index (κ3) is 3.71. The van der Waals surface area contributed by atoms with Gasteiger partial charge >= 0.3 is 0 Å². The van der Waals surface area contributed by atoms with Crippen molar-refractivity contribution in [3.05, 3.63) is 52.4 Å². The smallest absolute Gasteiger partial charge is 0.237 e. The standard InChI is InChI=1S/C16H20ClN3O/c1-4-7-18-14(13-10-12(17)6-5-11(13)2)15-16(21-3)20-9-8-19-15/h5-6,8-10,14,18H,4,7H2,1-3H3. The maximum absolute atomic E-state index is 6.16. The van der Waals surface area contributed by atoms with Crippen LogP contribution in [0.2, 0.25) is 5.02 Å². The third-order valence-electron chi connectivity index (χ3n) is 3.31. The van der Waals surface area contributed by atoms with Crippen molar-refractivity contribution in [1.82, 2.24) is 15.3 Å². The third-order valence-corrected chi connectivity index (χ3v) is 3.54. The molecule has 1 aromatic heterocycles. The topological polar surface area (TPSA) is 47.0 Å². The molecule has 0 amide bonds. The van der Waals surface area contributed by atoms with Crippen molar-refractivity contribution in [3.8, 4) is 5.88 Å². The van der Waals surface area contributed by atoms with E-state index in [0.717, 1.165) is 29.8 Å². The van der Waals surface area contributed by atoms with Gasteiger partial charge in [-0.05, 0) is 43.1 Å². The summed E-state index contributed by atoms with van der Waals surface area (Å²) in [5.41, 5.74) is 3.02. The molecule has 0 fully saturated rings. The molecule has 4 nitrogen and oxygen atoms in total. The highest BCUT2D eigenvalue weighted by atomic mass is 35.5. The van der Waals surface area contributed by atoms with Crippen LogP contribution >= 0.6 is 11.6 Å². The van der Waals surface area contributed by atoms with Crippen LogP contribution in [0.1, 0.15) is 36.2 Å². The van der Waals surface area contributed by atoms with Crippen LogP contribution in [0.3, 0.4) is 0 Å². The summed E-state index contributed by atoms with van der Waals surface area (Å²) in [4.78, 5) is 8.70. The zero-order valence-electron chi connectivity index (χ0n) is 12.6. The van der Waals surface area contributed by atoms with Gasteiger partial charge < -0.3 is 10.1 Å². The molecule has 5 heteroatoms. The largest absolute Gasteiger partial charge is 0.480 e. The van der Waals surface area contributed by atoms with Gasteiger partial charge in [-0.2, -0.15) is 0 Å². The van der Waals surface area contributed by atoms with E-state index >= 15 is 0 Å². The van der Waals surface area contributed by atoms with Gasteiger partial charge in [0.25, 0.3) is 0 Å². The molecule has 1 aromatic carbocycles. The normalized spacial score (nSPS) is 12.2. The second-order valence-corrected chi connectivity index (χ2v) is 5.28. The first kappa shape index (κ1) is 15.7. The van der Waals surface area contributed by atoms with E-state index in [1.165, 1.54) is 0 Å². The predicted molar refractivity (Wildman–Crippen MR) is 84.9 cm³/mol. The molecule has 1 N–H and O–H groups in total. The van der Waals surface area contributed by atoms with E-state index in [0.29, 0.717) is 10.9 Å². The van der Waals surface area contributed by atoms with Crippen molar-refractivity contribution in [1.29, 1.82) is 0 Å². The van der Waals surface area contributed by atoms with Crippen LogP contribution in [-0.4, -0.2) is 23.6 Å². The molecule has 1 atom stereocenters. The first-order valence-corrected chi connectivity index (χ1v) is 7.39. The summed E-state index contributed by atoms with van der Waals surface area (Å²) in [6.07, 6.45) is 4.33. The Morgan fingerprint density at radius 3 is 2.76 bits per heavy atom. The molecule has 0 aliphatic heterocycles. The molecule has 0 spiro atoms. The maximum Gasteiger partial charge on any atom is 0.237 e. The average molecular weight is 306 g/mol. The minimum atomic E-state index is -0.0905. The SMILES string of the molecule is CCCNC(c1cc(Cl)ccc1C)c1nccnc1OC. The van der Waals surface area contributed by atoms with Crippen molar-refractivity contribution in [3.63, 3.8) is 0 Å². The van der Waals surface area contributed by atoms with Crippen LogP contribution in [0.25, 0.3) is 0 Å². The maximum atomic E-state index is 6.16. The summed E-state index contributed by atoms with van der Waals surface area (Å²) in [5.74, 6) is 0.533. The van der Waals surface area contributed by atoms with E-state index in [9.17, 15) is 0 Å². The Labute approximate surface area is 130 Å². The van der Waals surface area contributed by atoms with Gasteiger partial charge in [-0.15, -0.1) is 0 Å². The second-order valence-electron chi connectivity index (χ2n) is 4.84. The highest BCUT2D eigenvalue weighted by Gasteiger charge is 2.21. The van der Waals surface area contributed by atoms with E-state index in [4.69, 9.17) is 16.3 Å². The molecular weight excluding hydrogens is 286 g/mol. The zero-order valence-corrected chi connectivity index (χ0v) is 13.3. The van der Waals surface area contributed by atoms with Crippen LogP contribution in [-0.2, 0) is 0 Å². The van der Waals surface area contributed by atoms with Gasteiger partial charge in [-0.3, -0.25) is 4.98 Å². The first-order valence-electron chi connectivity index (χ1n) is 7.01. The van der Waals surface area contributed by atoms with E-state index in [2.05, 4.69) is 29.1 Å². The zero-order chi connectivity index (χ0) is 15.2. The fourth-order valence-electron chi connectivity index (χ4n) is 2.26. The number of methoxy groups -OCH3 is 1. The highest BCUT2D eigenvalue weighted by Crippen LogP contribution is 2.30. The van der Waals surface area contributed by atoms with Gasteiger partial charge in [-0.25, -0.2) is 4.98 Å². The van der Waals surface area contributed by atoms with Crippen LogP contribution in [0, 0.1) is 6.92 Å². The number of aryl methyl sites for hydroxylation is 1. The van der Waals surface area contributed by atoms with Crippen LogP contribution in [0.5, 0.6) is 5.88 Å². The number of aromatic nitrogens is 2. The van der Waals surface area contributed by atoms with E-state index in [-0.39, 0.29) is 6.04 Å². The van der Waals surface area contributed by atoms with E-state index in [1.807, 2.05) is 18.2 Å². The molecule has 21 heavy (non-hydrogen) atoms. The molecule has 0 saturated heterocycles. The van der Waals surface area contributed by atoms with E-state index in [1.54, 1.807) is 19.5 Å². The molecule has 1 heterocycles. The fourth-order valence-corrected chi connectivity index (χ4v) is 2.44. The minimum Gasteiger partial charge on any atom is -0.480 e. The molecule has 2 rings (SSSR count). The summed E-state index contributed by atoms with van der Waals surface area (Å²) in [7, 11) is 1.61. The average Bonchev–Trinajstić information content (AvgIpc) is 2.51. The lowest BCUT2D eigenvalue weighted by atomic mass is 9.98. The molecule has 1 unspecified atom stereocenters. The van der Waals surface area contributed by atoms with Gasteiger partial charge in [0.1, 0.15) is 5.69 Å². The van der Waals surface area contributed by atoms with Crippen LogP contribution < -0.4 is 10.1 Å². The Hall–Kier alpha value is -1.65. The van der Waals surface area contributed by atoms with E-state index < -0.39 is 0 Å².